The molecule has 0 aromatic heterocycles. The van der Waals surface area contributed by atoms with Gasteiger partial charge in [-0.2, -0.15) is 0 Å². The molecule has 0 fully saturated rings. The Hall–Kier alpha value is -6.48. The van der Waals surface area contributed by atoms with Gasteiger partial charge < -0.3 is 95.9 Å². The molecule has 0 bridgehead atoms. The second kappa shape index (κ2) is 44.9. The summed E-state index contributed by atoms with van der Waals surface area (Å²) in [6, 6.07) is 38.3. The number of rotatable bonds is 53. The maximum atomic E-state index is 12.4. The summed E-state index contributed by atoms with van der Waals surface area (Å²) in [5.74, 6) is 1.68. The zero-order valence-electron chi connectivity index (χ0n) is 52.1. The quantitative estimate of drug-likeness (QED) is 0.0351. The van der Waals surface area contributed by atoms with Crippen LogP contribution in [0.1, 0.15) is 41.0 Å². The van der Waals surface area contributed by atoms with Gasteiger partial charge in [-0.3, -0.25) is 0 Å². The van der Waals surface area contributed by atoms with Crippen molar-refractivity contribution >= 4 is 12.2 Å². The molecule has 2 aliphatic rings. The fraction of sp³-hybridized carbons (Fsp3) is 0.529. The van der Waals surface area contributed by atoms with Crippen molar-refractivity contribution in [2.24, 2.45) is 0 Å². The Bertz CT molecular complexity index is 2490. The lowest BCUT2D eigenvalue weighted by atomic mass is 9.98. The second-order valence-electron chi connectivity index (χ2n) is 20.2. The van der Waals surface area contributed by atoms with Gasteiger partial charge in [0.15, 0.2) is 0 Å². The molecule has 0 saturated carbocycles. The molecule has 5 aromatic carbocycles. The molecule has 2 N–H and O–H groups in total. The number of hydrogen-bond donors (Lipinski definition) is 2. The molecule has 0 atom stereocenters. The van der Waals surface area contributed by atoms with Gasteiger partial charge in [-0.25, -0.2) is 9.59 Å². The van der Waals surface area contributed by atoms with E-state index >= 15 is 0 Å². The van der Waals surface area contributed by atoms with Crippen molar-refractivity contribution in [1.29, 1.82) is 0 Å². The minimum atomic E-state index is -0.472. The molecule has 2 amide bonds. The highest BCUT2D eigenvalue weighted by Crippen LogP contribution is 2.45. The van der Waals surface area contributed by atoms with E-state index in [2.05, 4.69) is 59.2 Å². The largest absolute Gasteiger partial charge is 0.491 e. The Balaban J connectivity index is 0.664. The van der Waals surface area contributed by atoms with Gasteiger partial charge >= 0.3 is 12.2 Å². The van der Waals surface area contributed by atoms with Crippen LogP contribution in [0.3, 0.4) is 0 Å². The zero-order chi connectivity index (χ0) is 62.6. The highest BCUT2D eigenvalue weighted by molar-refractivity contribution is 5.80. The molecule has 494 valence electrons. The number of alkyl carbamates (subject to hydrolysis) is 2. The predicted molar refractivity (Wildman–Crippen MR) is 335 cm³/mol. The van der Waals surface area contributed by atoms with Gasteiger partial charge in [0.05, 0.1) is 165 Å². The van der Waals surface area contributed by atoms with Gasteiger partial charge in [-0.05, 0) is 51.4 Å². The minimum Gasteiger partial charge on any atom is -0.491 e. The second-order valence-corrected chi connectivity index (χ2v) is 20.2. The summed E-state index contributed by atoms with van der Waals surface area (Å²) in [5.41, 5.74) is 9.43. The van der Waals surface area contributed by atoms with E-state index in [0.717, 1.165) is 0 Å². The lowest BCUT2D eigenvalue weighted by molar-refractivity contribution is -0.0119. The van der Waals surface area contributed by atoms with Crippen LogP contribution in [0.5, 0.6) is 17.2 Å². The Morgan fingerprint density at radius 1 is 0.300 bits per heavy atom. The highest BCUT2D eigenvalue weighted by atomic mass is 16.6. The third-order valence-electron chi connectivity index (χ3n) is 14.0. The fourth-order valence-corrected chi connectivity index (χ4v) is 9.75. The van der Waals surface area contributed by atoms with Crippen molar-refractivity contribution in [3.8, 4) is 39.5 Å². The maximum absolute atomic E-state index is 12.4. The summed E-state index contributed by atoms with van der Waals surface area (Å²) in [4.78, 5) is 24.8. The topological polar surface area (TPSA) is 224 Å². The van der Waals surface area contributed by atoms with E-state index in [1.807, 2.05) is 55.5 Å². The molecule has 0 aliphatic heterocycles. The van der Waals surface area contributed by atoms with Crippen LogP contribution in [0.2, 0.25) is 0 Å². The lowest BCUT2D eigenvalue weighted by Gasteiger charge is -2.14. The molecule has 5 aromatic rings. The molecular weight excluding hydrogens is 1160 g/mol. The Morgan fingerprint density at radius 3 is 0.778 bits per heavy atom. The van der Waals surface area contributed by atoms with Gasteiger partial charge in [0.25, 0.3) is 0 Å². The molecule has 0 heterocycles. The number of amides is 2. The van der Waals surface area contributed by atoms with Crippen LogP contribution in [0, 0.1) is 0 Å². The molecule has 0 saturated heterocycles. The average molecular weight is 1260 g/mol. The molecule has 0 unspecified atom stereocenters. The molecule has 90 heavy (non-hydrogen) atoms. The van der Waals surface area contributed by atoms with Crippen LogP contribution in [0.25, 0.3) is 22.3 Å². The standard InChI is InChI=1S/C68H92N2O20/c1-2-73-23-24-76-29-30-79-35-36-82-39-42-85-45-48-88-56-50-54(86-46-43-83-40-37-80-33-31-77-27-25-74-21-19-69-67(71)89-52-65-61-15-7-3-11-57(61)58-12-4-8-16-62(58)65)49-55(51-56)87-47-44-84-41-38-81-34-32-78-28-26-75-22-20-70-68(72)90-53-66-63-17-9-5-13-59(63)60-14-6-10-18-64(60)66/h3-18,49-51,65-66H,2,19-48,52-53H2,1H3,(H,69,71)(H,70,72). The van der Waals surface area contributed by atoms with Crippen molar-refractivity contribution in [2.75, 3.05) is 218 Å². The third-order valence-corrected chi connectivity index (χ3v) is 14.0. The first-order chi connectivity index (χ1) is 44.6. The zero-order valence-corrected chi connectivity index (χ0v) is 52.1. The summed E-state index contributed by atoms with van der Waals surface area (Å²) in [6.45, 7) is 15.1. The molecular formula is C68H92N2O20. The third kappa shape index (κ3) is 27.2. The van der Waals surface area contributed by atoms with Gasteiger partial charge in [-0.15, -0.1) is 0 Å². The van der Waals surface area contributed by atoms with E-state index in [4.69, 9.17) is 85.3 Å². The first-order valence-corrected chi connectivity index (χ1v) is 31.3. The van der Waals surface area contributed by atoms with E-state index in [1.165, 1.54) is 44.5 Å². The van der Waals surface area contributed by atoms with Gasteiger partial charge in [0, 0.05) is 49.7 Å². The normalized spacial score (nSPS) is 12.3. The molecule has 0 spiro atoms. The Morgan fingerprint density at radius 2 is 0.522 bits per heavy atom. The smallest absolute Gasteiger partial charge is 0.407 e. The van der Waals surface area contributed by atoms with Gasteiger partial charge in [0.2, 0.25) is 0 Å². The molecule has 7 rings (SSSR count). The van der Waals surface area contributed by atoms with E-state index in [9.17, 15) is 9.59 Å². The SMILES string of the molecule is CCOCCOCCOCCOCCOCCOc1cc(OCCOCCOCCOCCOCCNC(=O)OCC2c3ccccc3-c3ccccc32)cc(OCCOCCOCCOCCOCCNC(=O)OCC2c3ccccc3-c3ccccc32)c1. The monoisotopic (exact) mass is 1260 g/mol. The van der Waals surface area contributed by atoms with Crippen LogP contribution in [0.4, 0.5) is 9.59 Å². The van der Waals surface area contributed by atoms with E-state index < -0.39 is 12.2 Å². The highest BCUT2D eigenvalue weighted by Gasteiger charge is 2.30. The van der Waals surface area contributed by atoms with Crippen molar-refractivity contribution in [3.63, 3.8) is 0 Å². The van der Waals surface area contributed by atoms with E-state index in [-0.39, 0.29) is 38.3 Å². The minimum absolute atomic E-state index is 0.00994. The van der Waals surface area contributed by atoms with Crippen LogP contribution in [-0.4, -0.2) is 230 Å². The summed E-state index contributed by atoms with van der Waals surface area (Å²) in [7, 11) is 0. The summed E-state index contributed by atoms with van der Waals surface area (Å²) in [5, 5.41) is 5.51. The molecule has 22 nitrogen and oxygen atoms in total. The number of fused-ring (bicyclic) bond motifs is 6. The number of benzene rings is 5. The summed E-state index contributed by atoms with van der Waals surface area (Å²) >= 11 is 0. The van der Waals surface area contributed by atoms with Gasteiger partial charge in [0.1, 0.15) is 50.3 Å². The van der Waals surface area contributed by atoms with Crippen molar-refractivity contribution in [2.45, 2.75) is 18.8 Å². The predicted octanol–water partition coefficient (Wildman–Crippen LogP) is 8.14. The summed E-state index contributed by atoms with van der Waals surface area (Å²) < 4.78 is 102. The average Bonchev–Trinajstić information content (AvgIpc) is 1.71. The molecule has 0 radical (unpaired) electrons. The van der Waals surface area contributed by atoms with Crippen molar-refractivity contribution < 1.29 is 94.9 Å². The maximum Gasteiger partial charge on any atom is 0.407 e. The van der Waals surface area contributed by atoms with E-state index in [0.29, 0.717) is 209 Å². The van der Waals surface area contributed by atoms with Crippen LogP contribution in [0.15, 0.2) is 115 Å². The molecule has 22 heteroatoms. The Kier molecular flexibility index (Phi) is 35.4. The van der Waals surface area contributed by atoms with Crippen LogP contribution < -0.4 is 24.8 Å². The number of ether oxygens (including phenoxy) is 18. The van der Waals surface area contributed by atoms with Crippen LogP contribution >= 0.6 is 0 Å². The lowest BCUT2D eigenvalue weighted by Crippen LogP contribution is -2.29. The number of carbonyl (C=O) groups is 2. The van der Waals surface area contributed by atoms with Crippen molar-refractivity contribution in [1.82, 2.24) is 10.6 Å². The first kappa shape index (κ1) is 71.0. The van der Waals surface area contributed by atoms with E-state index in [1.54, 1.807) is 18.2 Å². The van der Waals surface area contributed by atoms with Crippen molar-refractivity contribution in [3.05, 3.63) is 138 Å². The first-order valence-electron chi connectivity index (χ1n) is 31.3. The van der Waals surface area contributed by atoms with Crippen LogP contribution in [-0.2, 0) is 71.1 Å². The van der Waals surface area contributed by atoms with Gasteiger partial charge in [-0.1, -0.05) is 97.1 Å². The Labute approximate surface area is 529 Å². The summed E-state index contributed by atoms with van der Waals surface area (Å²) in [6.07, 6.45) is -0.945. The molecule has 2 aliphatic carbocycles. The number of hydrogen-bond acceptors (Lipinski definition) is 20. The number of nitrogens with one attached hydrogen (secondary N) is 2. The fourth-order valence-electron chi connectivity index (χ4n) is 9.75. The number of carbonyl (C=O) groups excluding carboxylic acids is 2.